The van der Waals surface area contributed by atoms with Crippen LogP contribution in [0.5, 0.6) is 11.5 Å². The van der Waals surface area contributed by atoms with Crippen LogP contribution in [0, 0.1) is 11.7 Å². The minimum absolute atomic E-state index is 0.231. The van der Waals surface area contributed by atoms with Crippen LogP contribution in [-0.4, -0.2) is 37.6 Å². The number of rotatable bonds is 10. The minimum Gasteiger partial charge on any atom is -0.465 e. The monoisotopic (exact) mass is 558 g/mol. The molecule has 1 aliphatic heterocycles. The maximum atomic E-state index is 13.6. The molecule has 1 saturated heterocycles. The third-order valence-corrected chi connectivity index (χ3v) is 7.42. The van der Waals surface area contributed by atoms with Gasteiger partial charge in [-0.25, -0.2) is 9.18 Å². The molecule has 0 aromatic heterocycles. The van der Waals surface area contributed by atoms with Gasteiger partial charge >= 0.3 is 5.97 Å². The fourth-order valence-corrected chi connectivity index (χ4v) is 5.20. The number of esters is 1. The van der Waals surface area contributed by atoms with Crippen molar-refractivity contribution in [1.82, 2.24) is 4.90 Å². The molecule has 1 fully saturated rings. The molecule has 1 atom stereocenters. The summed E-state index contributed by atoms with van der Waals surface area (Å²) in [5, 5.41) is 0.668. The maximum absolute atomic E-state index is 13.6. The predicted octanol–water partition coefficient (Wildman–Crippen LogP) is 7.59. The molecule has 1 aliphatic rings. The number of hydrogen-bond donors (Lipinski definition) is 0. The van der Waals surface area contributed by atoms with Gasteiger partial charge in [0.25, 0.3) is 0 Å². The van der Waals surface area contributed by atoms with Crippen molar-refractivity contribution >= 4 is 23.3 Å². The van der Waals surface area contributed by atoms with Crippen LogP contribution in [0.15, 0.2) is 97.1 Å². The number of ether oxygens (including phenoxy) is 2. The van der Waals surface area contributed by atoms with Crippen molar-refractivity contribution in [3.05, 3.63) is 125 Å². The first-order valence-electron chi connectivity index (χ1n) is 13.4. The molecular formula is C33H32ClFN2O3. The highest BCUT2D eigenvalue weighted by atomic mass is 35.5. The van der Waals surface area contributed by atoms with Crippen molar-refractivity contribution in [2.75, 3.05) is 31.6 Å². The number of likely N-dealkylation sites (tertiary alicyclic amines) is 1. The van der Waals surface area contributed by atoms with E-state index in [1.807, 2.05) is 60.7 Å². The molecule has 0 N–H and O–H groups in total. The van der Waals surface area contributed by atoms with E-state index in [0.717, 1.165) is 55.3 Å². The Bertz CT molecular complexity index is 1390. The molecule has 1 unspecified atom stereocenters. The first kappa shape index (κ1) is 27.7. The lowest BCUT2D eigenvalue weighted by Crippen LogP contribution is -2.31. The second-order valence-electron chi connectivity index (χ2n) is 10.1. The number of methoxy groups -OCH3 is 1. The van der Waals surface area contributed by atoms with Crippen molar-refractivity contribution in [2.24, 2.45) is 5.92 Å². The molecule has 0 aliphatic carbocycles. The van der Waals surface area contributed by atoms with Gasteiger partial charge in [0.2, 0.25) is 0 Å². The van der Waals surface area contributed by atoms with E-state index in [4.69, 9.17) is 21.1 Å². The zero-order valence-electron chi connectivity index (χ0n) is 22.4. The molecule has 0 bridgehead atoms. The Labute approximate surface area is 239 Å². The quantitative estimate of drug-likeness (QED) is 0.188. The standard InChI is InChI=1S/C33H32ClFN2O3/c1-39-33(38)27-6-2-24(3-7-27)20-36-19-18-26(21-36)23-37(22-25-4-10-29(35)11-5-25)30-12-16-32(17-13-30)40-31-14-8-28(34)9-15-31/h2-17,26H,18-23H2,1H3. The van der Waals surface area contributed by atoms with Gasteiger partial charge in [-0.2, -0.15) is 0 Å². The van der Waals surface area contributed by atoms with Crippen molar-refractivity contribution < 1.29 is 18.7 Å². The molecule has 4 aromatic carbocycles. The van der Waals surface area contributed by atoms with Crippen LogP contribution in [0.3, 0.4) is 0 Å². The first-order valence-corrected chi connectivity index (χ1v) is 13.8. The van der Waals surface area contributed by atoms with Gasteiger partial charge in [0.05, 0.1) is 12.7 Å². The second kappa shape index (κ2) is 13.0. The van der Waals surface area contributed by atoms with Crippen LogP contribution in [0.2, 0.25) is 5.02 Å². The third kappa shape index (κ3) is 7.40. The Morgan fingerprint density at radius 3 is 2.17 bits per heavy atom. The van der Waals surface area contributed by atoms with Crippen molar-refractivity contribution in [2.45, 2.75) is 19.5 Å². The summed E-state index contributed by atoms with van der Waals surface area (Å²) < 4.78 is 24.3. The van der Waals surface area contributed by atoms with Gasteiger partial charge in [0, 0.05) is 36.9 Å². The second-order valence-corrected chi connectivity index (χ2v) is 10.6. The number of benzene rings is 4. The number of anilines is 1. The fourth-order valence-electron chi connectivity index (χ4n) is 5.07. The lowest BCUT2D eigenvalue weighted by Gasteiger charge is -2.28. The maximum Gasteiger partial charge on any atom is 0.337 e. The summed E-state index contributed by atoms with van der Waals surface area (Å²) in [5.41, 5.74) is 3.88. The molecule has 0 spiro atoms. The molecule has 7 heteroatoms. The van der Waals surface area contributed by atoms with E-state index in [-0.39, 0.29) is 11.8 Å². The number of nitrogens with zero attached hydrogens (tertiary/aromatic N) is 2. The molecule has 1 heterocycles. The molecule has 40 heavy (non-hydrogen) atoms. The molecule has 0 saturated carbocycles. The molecule has 0 radical (unpaired) electrons. The van der Waals surface area contributed by atoms with Crippen LogP contribution in [0.1, 0.15) is 27.9 Å². The molecule has 4 aromatic rings. The van der Waals surface area contributed by atoms with Gasteiger partial charge in [-0.3, -0.25) is 4.90 Å². The van der Waals surface area contributed by atoms with E-state index >= 15 is 0 Å². The Kier molecular flexibility index (Phi) is 8.99. The van der Waals surface area contributed by atoms with Gasteiger partial charge in [0.15, 0.2) is 0 Å². The summed E-state index contributed by atoms with van der Waals surface area (Å²) in [6, 6.07) is 29.7. The number of carbonyl (C=O) groups is 1. The summed E-state index contributed by atoms with van der Waals surface area (Å²) >= 11 is 5.99. The highest BCUT2D eigenvalue weighted by Crippen LogP contribution is 2.29. The van der Waals surface area contributed by atoms with Crippen molar-refractivity contribution in [3.8, 4) is 11.5 Å². The van der Waals surface area contributed by atoms with E-state index in [9.17, 15) is 9.18 Å². The van der Waals surface area contributed by atoms with Crippen LogP contribution < -0.4 is 9.64 Å². The zero-order chi connectivity index (χ0) is 27.9. The number of halogens is 2. The van der Waals surface area contributed by atoms with E-state index in [1.165, 1.54) is 24.8 Å². The van der Waals surface area contributed by atoms with Crippen molar-refractivity contribution in [1.29, 1.82) is 0 Å². The zero-order valence-corrected chi connectivity index (χ0v) is 23.2. The van der Waals surface area contributed by atoms with Gasteiger partial charge < -0.3 is 14.4 Å². The van der Waals surface area contributed by atoms with E-state index < -0.39 is 0 Å². The summed E-state index contributed by atoms with van der Waals surface area (Å²) in [6.07, 6.45) is 1.10. The summed E-state index contributed by atoms with van der Waals surface area (Å²) in [4.78, 5) is 16.5. The van der Waals surface area contributed by atoms with Crippen LogP contribution in [0.25, 0.3) is 0 Å². The number of hydrogen-bond acceptors (Lipinski definition) is 5. The highest BCUT2D eigenvalue weighted by molar-refractivity contribution is 6.30. The summed E-state index contributed by atoms with van der Waals surface area (Å²) in [7, 11) is 1.39. The molecule has 206 valence electrons. The van der Waals surface area contributed by atoms with Crippen LogP contribution in [-0.2, 0) is 17.8 Å². The molecule has 5 nitrogen and oxygen atoms in total. The Morgan fingerprint density at radius 1 is 0.900 bits per heavy atom. The summed E-state index contributed by atoms with van der Waals surface area (Å²) in [5.74, 6) is 1.41. The van der Waals surface area contributed by atoms with E-state index in [1.54, 1.807) is 12.1 Å². The van der Waals surface area contributed by atoms with Gasteiger partial charge in [-0.05, 0) is 103 Å². The SMILES string of the molecule is COC(=O)c1ccc(CN2CCC(CN(Cc3ccc(F)cc3)c3ccc(Oc4ccc(Cl)cc4)cc3)C2)cc1. The van der Waals surface area contributed by atoms with E-state index in [0.29, 0.717) is 23.0 Å². The topological polar surface area (TPSA) is 42.0 Å². The Balaban J connectivity index is 1.25. The van der Waals surface area contributed by atoms with E-state index in [2.05, 4.69) is 21.9 Å². The third-order valence-electron chi connectivity index (χ3n) is 7.17. The van der Waals surface area contributed by atoms with Crippen molar-refractivity contribution in [3.63, 3.8) is 0 Å². The lowest BCUT2D eigenvalue weighted by atomic mass is 10.1. The van der Waals surface area contributed by atoms with Gasteiger partial charge in [-0.15, -0.1) is 0 Å². The first-order chi connectivity index (χ1) is 19.4. The average molecular weight is 559 g/mol. The lowest BCUT2D eigenvalue weighted by molar-refractivity contribution is 0.0600. The van der Waals surface area contributed by atoms with Crippen LogP contribution in [0.4, 0.5) is 10.1 Å². The highest BCUT2D eigenvalue weighted by Gasteiger charge is 2.25. The minimum atomic E-state index is -0.321. The van der Waals surface area contributed by atoms with Crippen LogP contribution >= 0.6 is 11.6 Å². The average Bonchev–Trinajstić information content (AvgIpc) is 3.42. The molecule has 5 rings (SSSR count). The molecule has 0 amide bonds. The van der Waals surface area contributed by atoms with Gasteiger partial charge in [-0.1, -0.05) is 35.9 Å². The largest absolute Gasteiger partial charge is 0.465 e. The van der Waals surface area contributed by atoms with Gasteiger partial charge in [0.1, 0.15) is 17.3 Å². The normalized spacial score (nSPS) is 15.1. The summed E-state index contributed by atoms with van der Waals surface area (Å²) in [6.45, 7) is 4.40. The predicted molar refractivity (Wildman–Crippen MR) is 157 cm³/mol. The smallest absolute Gasteiger partial charge is 0.337 e. The fraction of sp³-hybridized carbons (Fsp3) is 0.242. The Morgan fingerprint density at radius 2 is 1.52 bits per heavy atom. The molecular weight excluding hydrogens is 527 g/mol. The Hall–Kier alpha value is -3.87. The number of carbonyl (C=O) groups excluding carboxylic acids is 1.